The molecule has 0 spiro atoms. The number of halogens is 2. The highest BCUT2D eigenvalue weighted by Crippen LogP contribution is 2.35. The first-order valence-corrected chi connectivity index (χ1v) is 8.47. The lowest BCUT2D eigenvalue weighted by molar-refractivity contribution is -0.384. The smallest absolute Gasteiger partial charge is 0.269 e. The highest BCUT2D eigenvalue weighted by molar-refractivity contribution is 14.1. The topological polar surface area (TPSA) is 78.7 Å². The van der Waals surface area contributed by atoms with Crippen molar-refractivity contribution >= 4 is 51.2 Å². The number of allylic oxidation sites excluding steroid dienone is 1. The van der Waals surface area contributed by atoms with Gasteiger partial charge in [-0.1, -0.05) is 0 Å². The number of hydrogen-bond donors (Lipinski definition) is 0. The lowest BCUT2D eigenvalue weighted by atomic mass is 10.2. The molecule has 0 aromatic heterocycles. The summed E-state index contributed by atoms with van der Waals surface area (Å²) in [7, 11) is 1.52. The molecule has 130 valence electrons. The zero-order valence-electron chi connectivity index (χ0n) is 13.1. The van der Waals surface area contributed by atoms with Crippen LogP contribution >= 0.6 is 34.2 Å². The maximum atomic E-state index is 10.8. The lowest BCUT2D eigenvalue weighted by Gasteiger charge is -2.13. The van der Waals surface area contributed by atoms with E-state index in [-0.39, 0.29) is 12.3 Å². The summed E-state index contributed by atoms with van der Waals surface area (Å²) in [4.78, 5) is 21.0. The monoisotopic (exact) mass is 473 g/mol. The average molecular weight is 474 g/mol. The van der Waals surface area contributed by atoms with E-state index >= 15 is 0 Å². The molecule has 0 aliphatic carbocycles. The number of methoxy groups -OCH3 is 1. The molecule has 0 fully saturated rings. The summed E-state index contributed by atoms with van der Waals surface area (Å²) in [6, 6.07) is 9.69. The van der Waals surface area contributed by atoms with E-state index in [1.165, 1.54) is 25.3 Å². The largest absolute Gasteiger partial charge is 0.493 e. The Morgan fingerprint density at radius 1 is 1.32 bits per heavy atom. The van der Waals surface area contributed by atoms with Crippen LogP contribution in [0.1, 0.15) is 11.1 Å². The van der Waals surface area contributed by atoms with Crippen molar-refractivity contribution in [3.63, 3.8) is 0 Å². The zero-order chi connectivity index (χ0) is 18.4. The van der Waals surface area contributed by atoms with Gasteiger partial charge in [-0.05, 0) is 81.7 Å². The van der Waals surface area contributed by atoms with E-state index in [9.17, 15) is 14.9 Å². The normalized spacial score (nSPS) is 10.7. The third kappa shape index (κ3) is 5.43. The van der Waals surface area contributed by atoms with Crippen LogP contribution in [-0.4, -0.2) is 17.3 Å². The van der Waals surface area contributed by atoms with Gasteiger partial charge in [0, 0.05) is 12.1 Å². The van der Waals surface area contributed by atoms with Gasteiger partial charge in [0.2, 0.25) is 5.24 Å². The van der Waals surface area contributed by atoms with Gasteiger partial charge in [0.05, 0.1) is 15.6 Å². The Morgan fingerprint density at radius 3 is 2.56 bits per heavy atom. The molecule has 0 saturated heterocycles. The van der Waals surface area contributed by atoms with Gasteiger partial charge in [0.1, 0.15) is 6.61 Å². The molecular weight excluding hydrogens is 461 g/mol. The highest BCUT2D eigenvalue weighted by atomic mass is 127. The molecule has 6 nitrogen and oxygen atoms in total. The first kappa shape index (κ1) is 19.2. The molecule has 2 aromatic rings. The van der Waals surface area contributed by atoms with Crippen LogP contribution in [0, 0.1) is 13.7 Å². The number of nitro groups is 1. The predicted octanol–water partition coefficient (Wildman–Crippen LogP) is 4.57. The maximum Gasteiger partial charge on any atom is 0.269 e. The molecule has 2 aromatic carbocycles. The van der Waals surface area contributed by atoms with Crippen molar-refractivity contribution in [1.82, 2.24) is 0 Å². The van der Waals surface area contributed by atoms with Crippen molar-refractivity contribution in [2.45, 2.75) is 6.61 Å². The van der Waals surface area contributed by atoms with Gasteiger partial charge >= 0.3 is 0 Å². The minimum atomic E-state index is -0.563. The third-order valence-electron chi connectivity index (χ3n) is 3.19. The average Bonchev–Trinajstić information content (AvgIpc) is 2.58. The molecule has 0 bridgehead atoms. The molecule has 8 heteroatoms. The molecule has 0 unspecified atom stereocenters. The molecular formula is C17H13ClINO5. The summed E-state index contributed by atoms with van der Waals surface area (Å²) in [6.07, 6.45) is 2.84. The molecule has 0 saturated carbocycles. The van der Waals surface area contributed by atoms with Crippen LogP contribution < -0.4 is 9.47 Å². The van der Waals surface area contributed by atoms with E-state index in [4.69, 9.17) is 21.1 Å². The van der Waals surface area contributed by atoms with Crippen molar-refractivity contribution in [1.29, 1.82) is 0 Å². The number of carbonyl (C=O) groups excluding carboxylic acids is 1. The zero-order valence-corrected chi connectivity index (χ0v) is 16.0. The predicted molar refractivity (Wildman–Crippen MR) is 103 cm³/mol. The van der Waals surface area contributed by atoms with E-state index in [0.717, 1.165) is 14.7 Å². The number of hydrogen-bond acceptors (Lipinski definition) is 5. The van der Waals surface area contributed by atoms with E-state index in [1.54, 1.807) is 24.3 Å². The van der Waals surface area contributed by atoms with Crippen LogP contribution in [0.4, 0.5) is 5.69 Å². The Labute approximate surface area is 162 Å². The fourth-order valence-corrected chi connectivity index (χ4v) is 2.85. The first-order valence-electron chi connectivity index (χ1n) is 7.02. The number of ether oxygens (including phenoxy) is 2. The molecule has 0 aliphatic heterocycles. The van der Waals surface area contributed by atoms with E-state index in [1.807, 2.05) is 6.07 Å². The van der Waals surface area contributed by atoms with E-state index in [2.05, 4.69) is 22.6 Å². The standard InChI is InChI=1S/C17H13ClINO5/c1-24-15-9-12(4-7-16(18)21)8-14(19)17(15)25-10-11-2-5-13(6-3-11)20(22)23/h2-9H,10H2,1H3/b7-4+. The minimum Gasteiger partial charge on any atom is -0.493 e. The molecule has 0 amide bonds. The summed E-state index contributed by atoms with van der Waals surface area (Å²) < 4.78 is 11.9. The maximum absolute atomic E-state index is 10.8. The molecule has 0 heterocycles. The van der Waals surface area contributed by atoms with Crippen molar-refractivity contribution < 1.29 is 19.2 Å². The number of rotatable bonds is 7. The van der Waals surface area contributed by atoms with Gasteiger partial charge in [-0.25, -0.2) is 0 Å². The van der Waals surface area contributed by atoms with Crippen LogP contribution in [0.2, 0.25) is 0 Å². The molecule has 2 rings (SSSR count). The second-order valence-electron chi connectivity index (χ2n) is 4.88. The van der Waals surface area contributed by atoms with Gasteiger partial charge in [-0.15, -0.1) is 0 Å². The summed E-state index contributed by atoms with van der Waals surface area (Å²) in [5.41, 5.74) is 1.57. The van der Waals surface area contributed by atoms with E-state index in [0.29, 0.717) is 11.5 Å². The molecule has 0 radical (unpaired) electrons. The van der Waals surface area contributed by atoms with Gasteiger partial charge in [-0.3, -0.25) is 14.9 Å². The van der Waals surface area contributed by atoms with Gasteiger partial charge < -0.3 is 9.47 Å². The van der Waals surface area contributed by atoms with Gasteiger partial charge in [0.25, 0.3) is 5.69 Å². The molecule has 0 atom stereocenters. The summed E-state index contributed by atoms with van der Waals surface area (Å²) in [5.74, 6) is 1.06. The number of benzene rings is 2. The summed E-state index contributed by atoms with van der Waals surface area (Å²) in [5, 5.41) is 10.1. The number of carbonyl (C=O) groups is 1. The first-order chi connectivity index (χ1) is 11.9. The molecule has 0 N–H and O–H groups in total. The Hall–Kier alpha value is -2.13. The number of non-ortho nitro benzene ring substituents is 1. The fraction of sp³-hybridized carbons (Fsp3) is 0.118. The van der Waals surface area contributed by atoms with Crippen LogP contribution in [0.25, 0.3) is 6.08 Å². The fourth-order valence-electron chi connectivity index (χ4n) is 2.01. The lowest BCUT2D eigenvalue weighted by Crippen LogP contribution is -2.00. The second-order valence-corrected chi connectivity index (χ2v) is 6.42. The SMILES string of the molecule is COc1cc(/C=C/C(=O)Cl)cc(I)c1OCc1ccc([N+](=O)[O-])cc1. The van der Waals surface area contributed by atoms with Crippen LogP contribution in [0.5, 0.6) is 11.5 Å². The van der Waals surface area contributed by atoms with Crippen molar-refractivity contribution in [3.05, 3.63) is 67.3 Å². The van der Waals surface area contributed by atoms with Crippen molar-refractivity contribution in [3.8, 4) is 11.5 Å². The molecule has 0 aliphatic rings. The Morgan fingerprint density at radius 2 is 2.00 bits per heavy atom. The summed E-state index contributed by atoms with van der Waals surface area (Å²) in [6.45, 7) is 0.236. The van der Waals surface area contributed by atoms with Crippen LogP contribution in [0.15, 0.2) is 42.5 Å². The van der Waals surface area contributed by atoms with Gasteiger partial charge in [-0.2, -0.15) is 0 Å². The quantitative estimate of drug-likeness (QED) is 0.194. The Bertz CT molecular complexity index is 821. The Balaban J connectivity index is 2.18. The van der Waals surface area contributed by atoms with Gasteiger partial charge in [0.15, 0.2) is 11.5 Å². The van der Waals surface area contributed by atoms with Crippen LogP contribution in [0.3, 0.4) is 0 Å². The van der Waals surface area contributed by atoms with Crippen molar-refractivity contribution in [2.24, 2.45) is 0 Å². The number of nitrogens with zero attached hydrogens (tertiary/aromatic N) is 1. The minimum absolute atomic E-state index is 0.0286. The van der Waals surface area contributed by atoms with Crippen LogP contribution in [-0.2, 0) is 11.4 Å². The number of nitro benzene ring substituents is 1. The second kappa shape index (κ2) is 8.82. The summed E-state index contributed by atoms with van der Waals surface area (Å²) >= 11 is 7.40. The Kier molecular flexibility index (Phi) is 6.77. The highest BCUT2D eigenvalue weighted by Gasteiger charge is 2.12. The van der Waals surface area contributed by atoms with E-state index < -0.39 is 10.2 Å². The third-order valence-corrected chi connectivity index (χ3v) is 4.12. The van der Waals surface area contributed by atoms with Crippen molar-refractivity contribution in [2.75, 3.05) is 7.11 Å². The molecule has 25 heavy (non-hydrogen) atoms.